The first kappa shape index (κ1) is 17.1. The van der Waals surface area contributed by atoms with E-state index in [1.54, 1.807) is 7.11 Å². The summed E-state index contributed by atoms with van der Waals surface area (Å²) in [6, 6.07) is 8.51. The normalized spacial score (nSPS) is 29.4. The molecule has 0 bridgehead atoms. The molecule has 128 valence electrons. The second-order valence-corrected chi connectivity index (χ2v) is 7.38. The molecule has 0 spiro atoms. The van der Waals surface area contributed by atoms with Gasteiger partial charge >= 0.3 is 0 Å². The molecule has 0 aromatic heterocycles. The molecule has 2 unspecified atom stereocenters. The van der Waals surface area contributed by atoms with E-state index in [1.165, 1.54) is 24.9 Å². The average Bonchev–Trinajstić information content (AvgIpc) is 2.60. The van der Waals surface area contributed by atoms with E-state index in [9.17, 15) is 0 Å². The highest BCUT2D eigenvalue weighted by molar-refractivity contribution is 6.20. The van der Waals surface area contributed by atoms with Crippen LogP contribution in [0.5, 0.6) is 5.75 Å². The Morgan fingerprint density at radius 1 is 1.22 bits per heavy atom. The summed E-state index contributed by atoms with van der Waals surface area (Å²) in [5.74, 6) is 1.43. The summed E-state index contributed by atoms with van der Waals surface area (Å²) >= 11 is 6.30. The molecule has 0 amide bonds. The molecule has 0 aliphatic carbocycles. The Kier molecular flexibility index (Phi) is 6.21. The van der Waals surface area contributed by atoms with Crippen molar-refractivity contribution in [1.29, 1.82) is 0 Å². The van der Waals surface area contributed by atoms with Gasteiger partial charge in [-0.05, 0) is 56.3 Å². The van der Waals surface area contributed by atoms with Crippen LogP contribution in [0.25, 0.3) is 0 Å². The molecular weight excluding hydrogens is 310 g/mol. The van der Waals surface area contributed by atoms with Crippen LogP contribution in [0.1, 0.15) is 43.6 Å². The molecule has 2 aliphatic rings. The number of rotatable bonds is 5. The zero-order valence-electron chi connectivity index (χ0n) is 14.0. The van der Waals surface area contributed by atoms with Crippen molar-refractivity contribution in [3.8, 4) is 5.75 Å². The number of benzene rings is 1. The van der Waals surface area contributed by atoms with E-state index >= 15 is 0 Å². The van der Waals surface area contributed by atoms with E-state index in [-0.39, 0.29) is 0 Å². The minimum atomic E-state index is 0.327. The van der Waals surface area contributed by atoms with Gasteiger partial charge in [0.2, 0.25) is 0 Å². The molecule has 1 aromatic carbocycles. The lowest BCUT2D eigenvalue weighted by atomic mass is 9.85. The molecule has 3 atom stereocenters. The van der Waals surface area contributed by atoms with Crippen LogP contribution in [-0.2, 0) is 4.74 Å². The predicted octanol–water partition coefficient (Wildman–Crippen LogP) is 4.05. The smallest absolute Gasteiger partial charge is 0.118 e. The van der Waals surface area contributed by atoms with Gasteiger partial charge in [0.05, 0.1) is 13.2 Å². The third kappa shape index (κ3) is 4.62. The minimum Gasteiger partial charge on any atom is -0.497 e. The van der Waals surface area contributed by atoms with Crippen molar-refractivity contribution in [1.82, 2.24) is 4.90 Å². The number of piperidine rings is 1. The number of nitrogens with zero attached hydrogens (tertiary/aromatic N) is 1. The van der Waals surface area contributed by atoms with E-state index in [0.717, 1.165) is 44.7 Å². The minimum absolute atomic E-state index is 0.327. The van der Waals surface area contributed by atoms with Crippen molar-refractivity contribution in [2.24, 2.45) is 0 Å². The van der Waals surface area contributed by atoms with Crippen molar-refractivity contribution in [3.05, 3.63) is 29.8 Å². The fraction of sp³-hybridized carbons (Fsp3) is 0.684. The van der Waals surface area contributed by atoms with Gasteiger partial charge in [-0.15, -0.1) is 11.6 Å². The van der Waals surface area contributed by atoms with E-state index in [2.05, 4.69) is 29.2 Å². The second kappa shape index (κ2) is 8.36. The van der Waals surface area contributed by atoms with E-state index in [1.807, 2.05) is 0 Å². The van der Waals surface area contributed by atoms with Crippen molar-refractivity contribution in [3.63, 3.8) is 0 Å². The van der Waals surface area contributed by atoms with E-state index in [4.69, 9.17) is 21.1 Å². The van der Waals surface area contributed by atoms with Crippen LogP contribution in [0.15, 0.2) is 24.3 Å². The summed E-state index contributed by atoms with van der Waals surface area (Å²) in [5.41, 5.74) is 1.38. The largest absolute Gasteiger partial charge is 0.497 e. The monoisotopic (exact) mass is 337 g/mol. The topological polar surface area (TPSA) is 21.7 Å². The van der Waals surface area contributed by atoms with Crippen LogP contribution in [-0.4, -0.2) is 49.7 Å². The van der Waals surface area contributed by atoms with Crippen molar-refractivity contribution in [2.75, 3.05) is 33.4 Å². The van der Waals surface area contributed by atoms with Crippen LogP contribution in [0.2, 0.25) is 0 Å². The number of hydrogen-bond acceptors (Lipinski definition) is 3. The molecule has 2 heterocycles. The molecule has 1 aromatic rings. The van der Waals surface area contributed by atoms with Gasteiger partial charge in [0.15, 0.2) is 0 Å². The Balaban J connectivity index is 1.59. The molecule has 2 aliphatic heterocycles. The lowest BCUT2D eigenvalue weighted by molar-refractivity contribution is -0.0113. The highest BCUT2D eigenvalue weighted by Gasteiger charge is 2.28. The van der Waals surface area contributed by atoms with Gasteiger partial charge in [-0.2, -0.15) is 0 Å². The van der Waals surface area contributed by atoms with Crippen molar-refractivity contribution >= 4 is 11.6 Å². The molecule has 2 saturated heterocycles. The molecule has 0 saturated carbocycles. The maximum atomic E-state index is 6.30. The summed E-state index contributed by atoms with van der Waals surface area (Å²) in [6.07, 6.45) is 6.18. The van der Waals surface area contributed by atoms with Gasteiger partial charge in [0.1, 0.15) is 5.75 Å². The van der Waals surface area contributed by atoms with Gasteiger partial charge in [0.25, 0.3) is 0 Å². The predicted molar refractivity (Wildman–Crippen MR) is 94.6 cm³/mol. The van der Waals surface area contributed by atoms with Crippen molar-refractivity contribution in [2.45, 2.75) is 49.5 Å². The maximum Gasteiger partial charge on any atom is 0.118 e. The van der Waals surface area contributed by atoms with Gasteiger partial charge in [-0.25, -0.2) is 0 Å². The highest BCUT2D eigenvalue weighted by atomic mass is 35.5. The second-order valence-electron chi connectivity index (χ2n) is 6.76. The molecule has 23 heavy (non-hydrogen) atoms. The third-order valence-corrected chi connectivity index (χ3v) is 5.52. The Labute approximate surface area is 144 Å². The van der Waals surface area contributed by atoms with Gasteiger partial charge in [0, 0.05) is 31.0 Å². The summed E-state index contributed by atoms with van der Waals surface area (Å²) in [7, 11) is 1.71. The molecule has 3 nitrogen and oxygen atoms in total. The summed E-state index contributed by atoms with van der Waals surface area (Å²) in [6.45, 7) is 4.21. The van der Waals surface area contributed by atoms with E-state index in [0.29, 0.717) is 17.4 Å². The number of ether oxygens (including phenoxy) is 2. The Bertz CT molecular complexity index is 479. The summed E-state index contributed by atoms with van der Waals surface area (Å²) < 4.78 is 11.4. The number of halogens is 1. The van der Waals surface area contributed by atoms with Crippen LogP contribution >= 0.6 is 11.6 Å². The van der Waals surface area contributed by atoms with E-state index < -0.39 is 0 Å². The molecular formula is C19H28ClNO2. The SMILES string of the molecule is COc1ccc(C2CCCOC2CCN2CCC[C@H](Cl)C2)cc1. The molecule has 0 radical (unpaired) electrons. The van der Waals surface area contributed by atoms with Crippen LogP contribution in [0, 0.1) is 0 Å². The number of alkyl halides is 1. The number of hydrogen-bond donors (Lipinski definition) is 0. The molecule has 0 N–H and O–H groups in total. The lowest BCUT2D eigenvalue weighted by Crippen LogP contribution is -2.39. The molecule has 3 rings (SSSR count). The number of likely N-dealkylation sites (tertiary alicyclic amines) is 1. The Morgan fingerprint density at radius 3 is 2.78 bits per heavy atom. The van der Waals surface area contributed by atoms with Gasteiger partial charge < -0.3 is 14.4 Å². The lowest BCUT2D eigenvalue weighted by Gasteiger charge is -2.35. The van der Waals surface area contributed by atoms with Crippen LogP contribution in [0.3, 0.4) is 0 Å². The standard InChI is InChI=1S/C19H28ClNO2/c1-22-17-8-6-15(7-9-17)18-5-3-13-23-19(18)10-12-21-11-2-4-16(20)14-21/h6-9,16,18-19H,2-5,10-14H2,1H3/t16-,18?,19?/m0/s1. The maximum absolute atomic E-state index is 6.30. The third-order valence-electron chi connectivity index (χ3n) is 5.16. The fourth-order valence-electron chi connectivity index (χ4n) is 3.87. The molecule has 4 heteroatoms. The van der Waals surface area contributed by atoms with Gasteiger partial charge in [-0.3, -0.25) is 0 Å². The average molecular weight is 338 g/mol. The zero-order valence-corrected chi connectivity index (χ0v) is 14.8. The summed E-state index contributed by atoms with van der Waals surface area (Å²) in [5, 5.41) is 0.327. The first-order valence-electron chi connectivity index (χ1n) is 8.88. The van der Waals surface area contributed by atoms with Crippen LogP contribution in [0.4, 0.5) is 0 Å². The molecule has 2 fully saturated rings. The Morgan fingerprint density at radius 2 is 2.04 bits per heavy atom. The highest BCUT2D eigenvalue weighted by Crippen LogP contribution is 2.33. The number of methoxy groups -OCH3 is 1. The van der Waals surface area contributed by atoms with Crippen molar-refractivity contribution < 1.29 is 9.47 Å². The quantitative estimate of drug-likeness (QED) is 0.756. The first-order chi connectivity index (χ1) is 11.3. The summed E-state index contributed by atoms with van der Waals surface area (Å²) in [4.78, 5) is 2.50. The van der Waals surface area contributed by atoms with Crippen LogP contribution < -0.4 is 4.74 Å². The zero-order chi connectivity index (χ0) is 16.1. The van der Waals surface area contributed by atoms with Gasteiger partial charge in [-0.1, -0.05) is 12.1 Å². The first-order valence-corrected chi connectivity index (χ1v) is 9.32. The Hall–Kier alpha value is -0.770. The fourth-order valence-corrected chi connectivity index (χ4v) is 4.22.